The number of furan rings is 1. The largest absolute Gasteiger partial charge is 0.472 e. The molecule has 5 heteroatoms. The van der Waals surface area contributed by atoms with E-state index in [1.54, 1.807) is 12.5 Å². The zero-order valence-electron chi connectivity index (χ0n) is 9.31. The van der Waals surface area contributed by atoms with Gasteiger partial charge in [-0.15, -0.1) is 0 Å². The number of aromatic amines is 1. The Hall–Kier alpha value is -1.62. The summed E-state index contributed by atoms with van der Waals surface area (Å²) in [5, 5.41) is 10.1. The van der Waals surface area contributed by atoms with E-state index in [2.05, 4.69) is 27.4 Å². The van der Waals surface area contributed by atoms with Gasteiger partial charge in [0.05, 0.1) is 12.5 Å². The van der Waals surface area contributed by atoms with E-state index in [-0.39, 0.29) is 0 Å². The molecule has 0 amide bonds. The monoisotopic (exact) mass is 220 g/mol. The molecule has 2 N–H and O–H groups in total. The highest BCUT2D eigenvalue weighted by Gasteiger charge is 2.05. The third-order valence-corrected chi connectivity index (χ3v) is 2.55. The van der Waals surface area contributed by atoms with Gasteiger partial charge >= 0.3 is 0 Å². The van der Waals surface area contributed by atoms with Crippen LogP contribution in [0.1, 0.15) is 30.8 Å². The lowest BCUT2D eigenvalue weighted by Crippen LogP contribution is -2.19. The number of rotatable bonds is 6. The molecule has 2 aromatic heterocycles. The average molecular weight is 220 g/mol. The molecular formula is C11H16N4O. The summed E-state index contributed by atoms with van der Waals surface area (Å²) in [6, 6.07) is 2.31. The van der Waals surface area contributed by atoms with Crippen LogP contribution in [0.5, 0.6) is 0 Å². The van der Waals surface area contributed by atoms with Crippen molar-refractivity contribution in [2.45, 2.75) is 25.8 Å². The number of aromatic nitrogens is 3. The number of hydrogen-bond donors (Lipinski definition) is 2. The molecule has 0 spiro atoms. The second kappa shape index (κ2) is 5.46. The highest BCUT2D eigenvalue weighted by Crippen LogP contribution is 2.11. The van der Waals surface area contributed by atoms with Crippen molar-refractivity contribution >= 4 is 0 Å². The summed E-state index contributed by atoms with van der Waals surface area (Å²) in [7, 11) is 0. The van der Waals surface area contributed by atoms with E-state index in [4.69, 9.17) is 4.42 Å². The number of hydrogen-bond acceptors (Lipinski definition) is 4. The molecule has 0 saturated heterocycles. The third-order valence-electron chi connectivity index (χ3n) is 2.55. The Labute approximate surface area is 94.3 Å². The number of H-pyrrole nitrogens is 1. The van der Waals surface area contributed by atoms with E-state index in [1.807, 2.05) is 6.07 Å². The molecule has 0 bridgehead atoms. The Morgan fingerprint density at radius 1 is 1.56 bits per heavy atom. The standard InChI is InChI=1S/C11H16N4O/c1-9(10-4-6-16-7-10)12-5-2-3-11-13-8-14-15-11/h4,6-9,12H,2-3,5H2,1H3,(H,13,14,15). The summed E-state index contributed by atoms with van der Waals surface area (Å²) in [5.74, 6) is 0.942. The van der Waals surface area contributed by atoms with E-state index in [1.165, 1.54) is 11.9 Å². The molecule has 86 valence electrons. The van der Waals surface area contributed by atoms with Gasteiger partial charge in [0.1, 0.15) is 12.2 Å². The Morgan fingerprint density at radius 3 is 3.19 bits per heavy atom. The van der Waals surface area contributed by atoms with Crippen LogP contribution >= 0.6 is 0 Å². The lowest BCUT2D eigenvalue weighted by atomic mass is 10.2. The smallest absolute Gasteiger partial charge is 0.137 e. The van der Waals surface area contributed by atoms with Gasteiger partial charge in [0.2, 0.25) is 0 Å². The minimum atomic E-state index is 0.327. The van der Waals surface area contributed by atoms with Gasteiger partial charge in [-0.3, -0.25) is 5.10 Å². The second-order valence-corrected chi connectivity index (χ2v) is 3.77. The maximum Gasteiger partial charge on any atom is 0.137 e. The van der Waals surface area contributed by atoms with Crippen molar-refractivity contribution in [3.8, 4) is 0 Å². The molecule has 0 aliphatic rings. The molecule has 0 aromatic carbocycles. The zero-order valence-corrected chi connectivity index (χ0v) is 9.31. The molecule has 2 aromatic rings. The number of nitrogens with zero attached hydrogens (tertiary/aromatic N) is 2. The van der Waals surface area contributed by atoms with Crippen LogP contribution < -0.4 is 5.32 Å². The molecule has 1 unspecified atom stereocenters. The Kier molecular flexibility index (Phi) is 3.71. The van der Waals surface area contributed by atoms with Crippen LogP contribution in [0.2, 0.25) is 0 Å². The molecule has 0 aliphatic heterocycles. The van der Waals surface area contributed by atoms with E-state index in [9.17, 15) is 0 Å². The van der Waals surface area contributed by atoms with Crippen LogP contribution in [0.25, 0.3) is 0 Å². The van der Waals surface area contributed by atoms with E-state index < -0.39 is 0 Å². The fourth-order valence-corrected chi connectivity index (χ4v) is 1.56. The minimum Gasteiger partial charge on any atom is -0.472 e. The van der Waals surface area contributed by atoms with Gasteiger partial charge in [-0.1, -0.05) is 0 Å². The van der Waals surface area contributed by atoms with Crippen molar-refractivity contribution in [1.29, 1.82) is 0 Å². The normalized spacial score (nSPS) is 12.8. The highest BCUT2D eigenvalue weighted by molar-refractivity contribution is 5.10. The molecular weight excluding hydrogens is 204 g/mol. The van der Waals surface area contributed by atoms with Crippen molar-refractivity contribution in [2.24, 2.45) is 0 Å². The van der Waals surface area contributed by atoms with Crippen LogP contribution in [-0.4, -0.2) is 21.7 Å². The first-order valence-electron chi connectivity index (χ1n) is 5.46. The molecule has 0 saturated carbocycles. The zero-order chi connectivity index (χ0) is 11.2. The van der Waals surface area contributed by atoms with Gasteiger partial charge in [-0.05, 0) is 26.0 Å². The molecule has 2 rings (SSSR count). The molecule has 0 radical (unpaired) electrons. The predicted molar refractivity (Wildman–Crippen MR) is 59.8 cm³/mol. The first-order chi connectivity index (χ1) is 7.86. The third kappa shape index (κ3) is 2.93. The van der Waals surface area contributed by atoms with Crippen molar-refractivity contribution in [3.05, 3.63) is 36.3 Å². The van der Waals surface area contributed by atoms with Gasteiger partial charge in [0.25, 0.3) is 0 Å². The molecule has 1 atom stereocenters. The topological polar surface area (TPSA) is 66.7 Å². The number of nitrogens with one attached hydrogen (secondary N) is 2. The summed E-state index contributed by atoms with van der Waals surface area (Å²) in [6.07, 6.45) is 6.97. The minimum absolute atomic E-state index is 0.327. The van der Waals surface area contributed by atoms with Crippen LogP contribution in [0.4, 0.5) is 0 Å². The van der Waals surface area contributed by atoms with E-state index in [0.29, 0.717) is 6.04 Å². The van der Waals surface area contributed by atoms with Crippen LogP contribution in [0, 0.1) is 0 Å². The first-order valence-corrected chi connectivity index (χ1v) is 5.46. The predicted octanol–water partition coefficient (Wildman–Crippen LogP) is 1.68. The number of aryl methyl sites for hydroxylation is 1. The SMILES string of the molecule is CC(NCCCc1ncn[nH]1)c1ccoc1. The van der Waals surface area contributed by atoms with Crippen molar-refractivity contribution < 1.29 is 4.42 Å². The summed E-state index contributed by atoms with van der Waals surface area (Å²) in [5.41, 5.74) is 1.18. The van der Waals surface area contributed by atoms with Crippen molar-refractivity contribution in [2.75, 3.05) is 6.54 Å². The molecule has 0 aliphatic carbocycles. The quantitative estimate of drug-likeness (QED) is 0.727. The summed E-state index contributed by atoms with van der Waals surface area (Å²) in [4.78, 5) is 4.07. The van der Waals surface area contributed by atoms with E-state index >= 15 is 0 Å². The molecule has 16 heavy (non-hydrogen) atoms. The Morgan fingerprint density at radius 2 is 2.50 bits per heavy atom. The lowest BCUT2D eigenvalue weighted by molar-refractivity contribution is 0.531. The van der Waals surface area contributed by atoms with Gasteiger partial charge in [-0.2, -0.15) is 5.10 Å². The lowest BCUT2D eigenvalue weighted by Gasteiger charge is -2.10. The first kappa shape index (κ1) is 10.9. The van der Waals surface area contributed by atoms with Gasteiger partial charge in [0.15, 0.2) is 0 Å². The molecule has 5 nitrogen and oxygen atoms in total. The van der Waals surface area contributed by atoms with Gasteiger partial charge in [-0.25, -0.2) is 4.98 Å². The fraction of sp³-hybridized carbons (Fsp3) is 0.455. The Bertz CT molecular complexity index is 382. The van der Waals surface area contributed by atoms with Crippen LogP contribution in [0.15, 0.2) is 29.3 Å². The molecule has 0 fully saturated rings. The molecule has 2 heterocycles. The van der Waals surface area contributed by atoms with Gasteiger partial charge < -0.3 is 9.73 Å². The van der Waals surface area contributed by atoms with Gasteiger partial charge in [0, 0.05) is 18.0 Å². The average Bonchev–Trinajstić information content (AvgIpc) is 2.96. The summed E-state index contributed by atoms with van der Waals surface area (Å²) >= 11 is 0. The fourth-order valence-electron chi connectivity index (χ4n) is 1.56. The van der Waals surface area contributed by atoms with Crippen LogP contribution in [0.3, 0.4) is 0 Å². The highest BCUT2D eigenvalue weighted by atomic mass is 16.3. The van der Waals surface area contributed by atoms with E-state index in [0.717, 1.165) is 25.2 Å². The van der Waals surface area contributed by atoms with Crippen molar-refractivity contribution in [1.82, 2.24) is 20.5 Å². The van der Waals surface area contributed by atoms with Crippen molar-refractivity contribution in [3.63, 3.8) is 0 Å². The summed E-state index contributed by atoms with van der Waals surface area (Å²) < 4.78 is 5.04. The summed E-state index contributed by atoms with van der Waals surface area (Å²) in [6.45, 7) is 3.08. The second-order valence-electron chi connectivity index (χ2n) is 3.77. The van der Waals surface area contributed by atoms with Crippen LogP contribution in [-0.2, 0) is 6.42 Å². The Balaban J connectivity index is 1.65. The maximum absolute atomic E-state index is 5.04. The maximum atomic E-state index is 5.04.